The van der Waals surface area contributed by atoms with Crippen LogP contribution in [0.25, 0.3) is 0 Å². The second kappa shape index (κ2) is 9.92. The molecule has 1 heterocycles. The van der Waals surface area contributed by atoms with Crippen molar-refractivity contribution in [2.24, 2.45) is 11.8 Å². The summed E-state index contributed by atoms with van der Waals surface area (Å²) in [6.07, 6.45) is 1.03. The van der Waals surface area contributed by atoms with Crippen molar-refractivity contribution in [2.45, 2.75) is 38.1 Å². The van der Waals surface area contributed by atoms with E-state index in [4.69, 9.17) is 9.47 Å². The number of methoxy groups -OCH3 is 2. The Morgan fingerprint density at radius 3 is 2.22 bits per heavy atom. The van der Waals surface area contributed by atoms with Crippen LogP contribution in [0.15, 0.2) is 47.4 Å². The molecule has 1 N–H and O–H groups in total. The van der Waals surface area contributed by atoms with E-state index in [1.165, 1.54) is 12.1 Å². The molecule has 2 aromatic carbocycles. The molecule has 0 aromatic heterocycles. The molecule has 3 unspecified atom stereocenters. The summed E-state index contributed by atoms with van der Waals surface area (Å²) in [6.45, 7) is 7.05. The van der Waals surface area contributed by atoms with E-state index in [2.05, 4.69) is 19.2 Å². The molecule has 32 heavy (non-hydrogen) atoms. The van der Waals surface area contributed by atoms with Gasteiger partial charge in [0.2, 0.25) is 10.0 Å². The molecule has 0 radical (unpaired) electrons. The summed E-state index contributed by atoms with van der Waals surface area (Å²) in [7, 11) is -0.431. The van der Waals surface area contributed by atoms with Gasteiger partial charge in [-0.1, -0.05) is 13.8 Å². The Morgan fingerprint density at radius 2 is 1.66 bits per heavy atom. The van der Waals surface area contributed by atoms with Gasteiger partial charge in [0.05, 0.1) is 25.2 Å². The standard InChI is InChI=1S/C24H32N2O5S/c1-16-12-17(2)15-26(14-16)32(28,29)21-9-6-19(7-10-21)24(27)25-18(3)22-13-20(30-4)8-11-23(22)31-5/h6-11,13,16-18H,12,14-15H2,1-5H3,(H,25,27). The van der Waals surface area contributed by atoms with Gasteiger partial charge in [0, 0.05) is 24.2 Å². The van der Waals surface area contributed by atoms with Crippen LogP contribution >= 0.6 is 0 Å². The number of carbonyl (C=O) groups is 1. The first-order chi connectivity index (χ1) is 15.1. The van der Waals surface area contributed by atoms with Gasteiger partial charge in [0.25, 0.3) is 5.91 Å². The van der Waals surface area contributed by atoms with Crippen LogP contribution in [0.2, 0.25) is 0 Å². The van der Waals surface area contributed by atoms with Gasteiger partial charge in [-0.2, -0.15) is 4.31 Å². The lowest BCUT2D eigenvalue weighted by Gasteiger charge is -2.34. The highest BCUT2D eigenvalue weighted by Gasteiger charge is 2.31. The molecule has 0 bridgehead atoms. The van der Waals surface area contributed by atoms with E-state index in [9.17, 15) is 13.2 Å². The number of amides is 1. The summed E-state index contributed by atoms with van der Waals surface area (Å²) in [5.74, 6) is 1.66. The third-order valence-corrected chi connectivity index (χ3v) is 7.69. The van der Waals surface area contributed by atoms with Crippen LogP contribution in [0.4, 0.5) is 0 Å². The molecule has 1 fully saturated rings. The van der Waals surface area contributed by atoms with E-state index in [1.807, 2.05) is 13.0 Å². The van der Waals surface area contributed by atoms with E-state index in [1.54, 1.807) is 42.8 Å². The van der Waals surface area contributed by atoms with Gasteiger partial charge in [-0.05, 0) is 67.6 Å². The average Bonchev–Trinajstić information content (AvgIpc) is 2.77. The molecule has 1 amide bonds. The number of ether oxygens (including phenoxy) is 2. The van der Waals surface area contributed by atoms with Gasteiger partial charge < -0.3 is 14.8 Å². The molecule has 1 aliphatic heterocycles. The van der Waals surface area contributed by atoms with Crippen LogP contribution in [0, 0.1) is 11.8 Å². The summed E-state index contributed by atoms with van der Waals surface area (Å²) in [6, 6.07) is 11.2. The maximum absolute atomic E-state index is 13.1. The SMILES string of the molecule is COc1ccc(OC)c(C(C)NC(=O)c2ccc(S(=O)(=O)N3CC(C)CC(C)C3)cc2)c1. The number of hydrogen-bond acceptors (Lipinski definition) is 5. The first kappa shape index (κ1) is 24.1. The minimum Gasteiger partial charge on any atom is -0.497 e. The monoisotopic (exact) mass is 460 g/mol. The van der Waals surface area contributed by atoms with Gasteiger partial charge in [0.1, 0.15) is 11.5 Å². The number of carbonyl (C=O) groups excluding carboxylic acids is 1. The molecule has 3 rings (SSSR count). The highest BCUT2D eigenvalue weighted by atomic mass is 32.2. The lowest BCUT2D eigenvalue weighted by Crippen LogP contribution is -2.42. The van der Waals surface area contributed by atoms with Crippen molar-refractivity contribution in [1.29, 1.82) is 0 Å². The molecule has 1 aliphatic rings. The summed E-state index contributed by atoms with van der Waals surface area (Å²) in [5.41, 5.74) is 1.17. The molecule has 1 saturated heterocycles. The predicted molar refractivity (Wildman–Crippen MR) is 124 cm³/mol. The zero-order valence-corrected chi connectivity index (χ0v) is 20.1. The Bertz CT molecular complexity index is 1040. The first-order valence-corrected chi connectivity index (χ1v) is 12.2. The number of piperidine rings is 1. The fourth-order valence-electron chi connectivity index (χ4n) is 4.26. The summed E-state index contributed by atoms with van der Waals surface area (Å²) < 4.78 is 38.3. The number of rotatable bonds is 7. The van der Waals surface area contributed by atoms with Crippen LogP contribution < -0.4 is 14.8 Å². The molecule has 3 atom stereocenters. The lowest BCUT2D eigenvalue weighted by molar-refractivity contribution is 0.0939. The van der Waals surface area contributed by atoms with Crippen LogP contribution in [0.5, 0.6) is 11.5 Å². The van der Waals surface area contributed by atoms with Crippen LogP contribution in [-0.4, -0.2) is 45.9 Å². The summed E-state index contributed by atoms with van der Waals surface area (Å²) >= 11 is 0. The molecule has 174 valence electrons. The summed E-state index contributed by atoms with van der Waals surface area (Å²) in [4.78, 5) is 13.0. The number of sulfonamides is 1. The van der Waals surface area contributed by atoms with Crippen molar-refractivity contribution >= 4 is 15.9 Å². The largest absolute Gasteiger partial charge is 0.497 e. The molecule has 2 aromatic rings. The number of nitrogens with zero attached hydrogens (tertiary/aromatic N) is 1. The fourth-order valence-corrected chi connectivity index (χ4v) is 5.94. The van der Waals surface area contributed by atoms with Gasteiger partial charge in [-0.15, -0.1) is 0 Å². The maximum atomic E-state index is 13.1. The Balaban J connectivity index is 1.74. The minimum absolute atomic E-state index is 0.206. The normalized spacial score (nSPS) is 20.4. The van der Waals surface area contributed by atoms with Gasteiger partial charge in [-0.3, -0.25) is 4.79 Å². The lowest BCUT2D eigenvalue weighted by atomic mass is 9.94. The number of benzene rings is 2. The van der Waals surface area contributed by atoms with E-state index >= 15 is 0 Å². The van der Waals surface area contributed by atoms with Crippen molar-refractivity contribution < 1.29 is 22.7 Å². The van der Waals surface area contributed by atoms with Gasteiger partial charge in [0.15, 0.2) is 0 Å². The molecule has 0 aliphatic carbocycles. The molecule has 7 nitrogen and oxygen atoms in total. The minimum atomic E-state index is -3.58. The van der Waals surface area contributed by atoms with E-state index < -0.39 is 10.0 Å². The average molecular weight is 461 g/mol. The van der Waals surface area contributed by atoms with Crippen LogP contribution in [0.1, 0.15) is 49.2 Å². The molecular formula is C24H32N2O5S. The van der Waals surface area contributed by atoms with Crippen molar-refractivity contribution in [3.05, 3.63) is 53.6 Å². The third kappa shape index (κ3) is 5.24. The van der Waals surface area contributed by atoms with Crippen molar-refractivity contribution in [3.63, 3.8) is 0 Å². The van der Waals surface area contributed by atoms with Gasteiger partial charge in [-0.25, -0.2) is 8.42 Å². The fraction of sp³-hybridized carbons (Fsp3) is 0.458. The smallest absolute Gasteiger partial charge is 0.251 e. The van der Waals surface area contributed by atoms with Gasteiger partial charge >= 0.3 is 0 Å². The Labute approximate surface area is 190 Å². The van der Waals surface area contributed by atoms with Crippen molar-refractivity contribution in [3.8, 4) is 11.5 Å². The topological polar surface area (TPSA) is 84.9 Å². The van der Waals surface area contributed by atoms with Crippen molar-refractivity contribution in [2.75, 3.05) is 27.3 Å². The van der Waals surface area contributed by atoms with Crippen LogP contribution in [-0.2, 0) is 10.0 Å². The predicted octanol–water partition coefficient (Wildman–Crippen LogP) is 3.86. The first-order valence-electron chi connectivity index (χ1n) is 10.8. The molecule has 8 heteroatoms. The van der Waals surface area contributed by atoms with E-state index in [-0.39, 0.29) is 16.8 Å². The quantitative estimate of drug-likeness (QED) is 0.678. The molecular weight excluding hydrogens is 428 g/mol. The summed E-state index contributed by atoms with van der Waals surface area (Å²) in [5, 5.41) is 2.94. The maximum Gasteiger partial charge on any atom is 0.251 e. The Hall–Kier alpha value is -2.58. The number of hydrogen-bond donors (Lipinski definition) is 1. The highest BCUT2D eigenvalue weighted by Crippen LogP contribution is 2.30. The van der Waals surface area contributed by atoms with Crippen LogP contribution in [0.3, 0.4) is 0 Å². The molecule has 0 saturated carbocycles. The second-order valence-electron chi connectivity index (χ2n) is 8.60. The van der Waals surface area contributed by atoms with E-state index in [0.717, 1.165) is 12.0 Å². The Morgan fingerprint density at radius 1 is 1.03 bits per heavy atom. The van der Waals surface area contributed by atoms with E-state index in [0.29, 0.717) is 42.0 Å². The molecule has 0 spiro atoms. The zero-order valence-electron chi connectivity index (χ0n) is 19.3. The van der Waals surface area contributed by atoms with Crippen molar-refractivity contribution in [1.82, 2.24) is 9.62 Å². The third-order valence-electron chi connectivity index (χ3n) is 5.84. The highest BCUT2D eigenvalue weighted by molar-refractivity contribution is 7.89. The number of nitrogens with one attached hydrogen (secondary N) is 1. The second-order valence-corrected chi connectivity index (χ2v) is 10.5. The zero-order chi connectivity index (χ0) is 23.5. The Kier molecular flexibility index (Phi) is 7.46.